The third-order valence-corrected chi connectivity index (χ3v) is 6.19. The van der Waals surface area contributed by atoms with Crippen LogP contribution in [0.25, 0.3) is 10.2 Å². The van der Waals surface area contributed by atoms with Crippen LogP contribution in [-0.4, -0.2) is 34.4 Å². The molecule has 1 aliphatic rings. The fourth-order valence-corrected chi connectivity index (χ4v) is 4.53. The zero-order valence-electron chi connectivity index (χ0n) is 16.1. The van der Waals surface area contributed by atoms with Crippen LogP contribution in [0.3, 0.4) is 0 Å². The molecule has 152 valence electrons. The molecule has 3 aromatic rings. The van der Waals surface area contributed by atoms with Crippen molar-refractivity contribution in [2.45, 2.75) is 31.9 Å². The minimum atomic E-state index is -0.563. The molecule has 3 heterocycles. The Morgan fingerprint density at radius 3 is 2.76 bits per heavy atom. The van der Waals surface area contributed by atoms with Gasteiger partial charge in [0.2, 0.25) is 0 Å². The maximum absolute atomic E-state index is 13.1. The standard InChI is InChI=1S/C21H22N2O5S/c1-22-19-17(18(24)23(21(22)26)11-14-7-3-2-4-8-14)16(13-29-19)20(25)28-12-15-9-5-6-10-27-15/h2-4,7-8,13,15H,5-6,9-12H2,1H3. The number of hydrogen-bond acceptors (Lipinski definition) is 6. The van der Waals surface area contributed by atoms with Crippen LogP contribution >= 0.6 is 11.3 Å². The number of rotatable bonds is 5. The van der Waals surface area contributed by atoms with Crippen LogP contribution in [0, 0.1) is 0 Å². The van der Waals surface area contributed by atoms with Gasteiger partial charge in [-0.25, -0.2) is 9.59 Å². The van der Waals surface area contributed by atoms with Crippen LogP contribution in [0.15, 0.2) is 45.3 Å². The summed E-state index contributed by atoms with van der Waals surface area (Å²) >= 11 is 1.19. The third kappa shape index (κ3) is 3.90. The van der Waals surface area contributed by atoms with Gasteiger partial charge in [-0.2, -0.15) is 0 Å². The van der Waals surface area contributed by atoms with Crippen LogP contribution < -0.4 is 11.2 Å². The predicted molar refractivity (Wildman–Crippen MR) is 111 cm³/mol. The van der Waals surface area contributed by atoms with Crippen LogP contribution in [0.5, 0.6) is 0 Å². The summed E-state index contributed by atoms with van der Waals surface area (Å²) in [6.07, 6.45) is 2.83. The number of carbonyl (C=O) groups is 1. The first kappa shape index (κ1) is 19.6. The SMILES string of the molecule is Cn1c(=O)n(Cc2ccccc2)c(=O)c2c(C(=O)OCC3CCCCO3)csc21. The first-order valence-electron chi connectivity index (χ1n) is 9.60. The first-order chi connectivity index (χ1) is 14.1. The average Bonchev–Trinajstić information content (AvgIpc) is 3.20. The Kier molecular flexibility index (Phi) is 5.64. The molecular formula is C21H22N2O5S. The molecule has 0 radical (unpaired) electrons. The summed E-state index contributed by atoms with van der Waals surface area (Å²) in [5, 5.41) is 1.81. The Morgan fingerprint density at radius 2 is 2.03 bits per heavy atom. The molecule has 1 aliphatic heterocycles. The summed E-state index contributed by atoms with van der Waals surface area (Å²) in [4.78, 5) is 39.0. The lowest BCUT2D eigenvalue weighted by molar-refractivity contribution is -0.0299. The Balaban J connectivity index is 1.68. The Morgan fingerprint density at radius 1 is 1.24 bits per heavy atom. The smallest absolute Gasteiger partial charge is 0.339 e. The van der Waals surface area contributed by atoms with E-state index in [1.54, 1.807) is 12.4 Å². The second-order valence-electron chi connectivity index (χ2n) is 7.14. The zero-order valence-corrected chi connectivity index (χ0v) is 16.9. The van der Waals surface area contributed by atoms with Gasteiger partial charge in [0.15, 0.2) is 0 Å². The molecule has 0 saturated carbocycles. The van der Waals surface area contributed by atoms with Crippen LogP contribution in [0.1, 0.15) is 35.2 Å². The van der Waals surface area contributed by atoms with Gasteiger partial charge in [0.05, 0.1) is 23.6 Å². The molecule has 1 fully saturated rings. The van der Waals surface area contributed by atoms with E-state index < -0.39 is 17.2 Å². The lowest BCUT2D eigenvalue weighted by Crippen LogP contribution is -2.39. The highest BCUT2D eigenvalue weighted by Crippen LogP contribution is 2.23. The van der Waals surface area contributed by atoms with Crippen molar-refractivity contribution in [2.24, 2.45) is 7.05 Å². The first-order valence-corrected chi connectivity index (χ1v) is 10.5. The van der Waals surface area contributed by atoms with Gasteiger partial charge in [-0.05, 0) is 24.8 Å². The number of hydrogen-bond donors (Lipinski definition) is 0. The van der Waals surface area contributed by atoms with Crippen molar-refractivity contribution in [3.63, 3.8) is 0 Å². The second-order valence-corrected chi connectivity index (χ2v) is 7.99. The van der Waals surface area contributed by atoms with Crippen LogP contribution in [-0.2, 0) is 23.1 Å². The molecule has 1 unspecified atom stereocenters. The quantitative estimate of drug-likeness (QED) is 0.600. The average molecular weight is 414 g/mol. The molecule has 4 rings (SSSR count). The van der Waals surface area contributed by atoms with Crippen LogP contribution in [0.2, 0.25) is 0 Å². The van der Waals surface area contributed by atoms with E-state index in [-0.39, 0.29) is 30.2 Å². The summed E-state index contributed by atoms with van der Waals surface area (Å²) in [5.74, 6) is -0.563. The molecule has 1 saturated heterocycles. The van der Waals surface area contributed by atoms with E-state index in [1.165, 1.54) is 15.9 Å². The molecule has 7 nitrogen and oxygen atoms in total. The number of aryl methyl sites for hydroxylation is 1. The van der Waals surface area contributed by atoms with Crippen molar-refractivity contribution in [1.29, 1.82) is 0 Å². The number of carbonyl (C=O) groups excluding carboxylic acids is 1. The number of benzene rings is 1. The van der Waals surface area contributed by atoms with E-state index in [0.717, 1.165) is 29.4 Å². The van der Waals surface area contributed by atoms with E-state index in [4.69, 9.17) is 9.47 Å². The van der Waals surface area contributed by atoms with Gasteiger partial charge >= 0.3 is 11.7 Å². The molecule has 29 heavy (non-hydrogen) atoms. The number of thiophene rings is 1. The molecule has 0 amide bonds. The highest BCUT2D eigenvalue weighted by molar-refractivity contribution is 7.17. The van der Waals surface area contributed by atoms with E-state index in [9.17, 15) is 14.4 Å². The minimum Gasteiger partial charge on any atom is -0.459 e. The van der Waals surface area contributed by atoms with E-state index in [1.807, 2.05) is 30.3 Å². The second kappa shape index (κ2) is 8.34. The lowest BCUT2D eigenvalue weighted by atomic mass is 10.1. The number of fused-ring (bicyclic) bond motifs is 1. The monoisotopic (exact) mass is 414 g/mol. The largest absolute Gasteiger partial charge is 0.459 e. The molecule has 1 aromatic carbocycles. The summed E-state index contributed by atoms with van der Waals surface area (Å²) in [7, 11) is 1.60. The zero-order chi connectivity index (χ0) is 20.4. The fraction of sp³-hybridized carbons (Fsp3) is 0.381. The molecule has 8 heteroatoms. The summed E-state index contributed by atoms with van der Waals surface area (Å²) in [6.45, 7) is 0.985. The molecule has 0 N–H and O–H groups in total. The predicted octanol–water partition coefficient (Wildman–Crippen LogP) is 2.54. The van der Waals surface area contributed by atoms with Crippen molar-refractivity contribution in [1.82, 2.24) is 9.13 Å². The van der Waals surface area contributed by atoms with Crippen molar-refractivity contribution in [3.8, 4) is 0 Å². The summed E-state index contributed by atoms with van der Waals surface area (Å²) in [5.41, 5.74) is 0.140. The summed E-state index contributed by atoms with van der Waals surface area (Å²) in [6, 6.07) is 9.27. The summed E-state index contributed by atoms with van der Waals surface area (Å²) < 4.78 is 13.6. The van der Waals surface area contributed by atoms with Crippen molar-refractivity contribution in [3.05, 3.63) is 67.7 Å². The molecule has 0 spiro atoms. The minimum absolute atomic E-state index is 0.100. The lowest BCUT2D eigenvalue weighted by Gasteiger charge is -2.21. The van der Waals surface area contributed by atoms with E-state index >= 15 is 0 Å². The van der Waals surface area contributed by atoms with Gasteiger partial charge in [0, 0.05) is 19.0 Å². The number of esters is 1. The number of ether oxygens (including phenoxy) is 2. The topological polar surface area (TPSA) is 79.5 Å². The molecule has 1 atom stereocenters. The Hall–Kier alpha value is -2.71. The van der Waals surface area contributed by atoms with E-state index in [0.29, 0.717) is 11.4 Å². The van der Waals surface area contributed by atoms with E-state index in [2.05, 4.69) is 0 Å². The number of nitrogens with zero attached hydrogens (tertiary/aromatic N) is 2. The molecular weight excluding hydrogens is 392 g/mol. The van der Waals surface area contributed by atoms with Crippen molar-refractivity contribution in [2.75, 3.05) is 13.2 Å². The Labute approximate surface area is 171 Å². The van der Waals surface area contributed by atoms with Gasteiger partial charge in [-0.15, -0.1) is 11.3 Å². The van der Waals surface area contributed by atoms with Crippen molar-refractivity contribution >= 4 is 27.5 Å². The molecule has 2 aromatic heterocycles. The normalized spacial score (nSPS) is 16.8. The third-order valence-electron chi connectivity index (χ3n) is 5.13. The maximum Gasteiger partial charge on any atom is 0.339 e. The van der Waals surface area contributed by atoms with Gasteiger partial charge < -0.3 is 9.47 Å². The highest BCUT2D eigenvalue weighted by atomic mass is 32.1. The van der Waals surface area contributed by atoms with Gasteiger partial charge in [0.25, 0.3) is 5.56 Å². The van der Waals surface area contributed by atoms with Crippen molar-refractivity contribution < 1.29 is 14.3 Å². The van der Waals surface area contributed by atoms with Gasteiger partial charge in [-0.3, -0.25) is 13.9 Å². The molecule has 0 aliphatic carbocycles. The van der Waals surface area contributed by atoms with Crippen LogP contribution in [0.4, 0.5) is 0 Å². The number of aromatic nitrogens is 2. The fourth-order valence-electron chi connectivity index (χ4n) is 3.53. The maximum atomic E-state index is 13.1. The van der Waals surface area contributed by atoms with Gasteiger partial charge in [-0.1, -0.05) is 30.3 Å². The molecule has 0 bridgehead atoms. The Bertz CT molecular complexity index is 1140. The van der Waals surface area contributed by atoms with Gasteiger partial charge in [0.1, 0.15) is 11.4 Å². The highest BCUT2D eigenvalue weighted by Gasteiger charge is 2.23.